The lowest BCUT2D eigenvalue weighted by Gasteiger charge is -2.02. The first-order valence-corrected chi connectivity index (χ1v) is 8.01. The van der Waals surface area contributed by atoms with Crippen LogP contribution in [-0.4, -0.2) is 21.0 Å². The Morgan fingerprint density at radius 1 is 1.20 bits per heavy atom. The number of aromatic amines is 1. The molecule has 0 aliphatic rings. The minimum atomic E-state index is -0.432. The van der Waals surface area contributed by atoms with Crippen molar-refractivity contribution in [1.82, 2.24) is 20.4 Å². The van der Waals surface area contributed by atoms with E-state index in [2.05, 4.69) is 20.4 Å². The first kappa shape index (κ1) is 15.4. The van der Waals surface area contributed by atoms with Gasteiger partial charge >= 0.3 is 11.8 Å². The molecule has 0 saturated heterocycles. The molecule has 2 heterocycles. The van der Waals surface area contributed by atoms with Crippen LogP contribution in [0.15, 0.2) is 59.3 Å². The summed E-state index contributed by atoms with van der Waals surface area (Å²) in [4.78, 5) is 19.5. The summed E-state index contributed by atoms with van der Waals surface area (Å²) in [6.07, 6.45) is 1.79. The molecule has 124 valence electrons. The Morgan fingerprint density at radius 3 is 2.96 bits per heavy atom. The second-order valence-corrected chi connectivity index (χ2v) is 5.92. The molecule has 0 bridgehead atoms. The van der Waals surface area contributed by atoms with E-state index < -0.39 is 5.91 Å². The predicted molar refractivity (Wildman–Crippen MR) is 94.2 cm³/mol. The Labute approximate surface area is 147 Å². The van der Waals surface area contributed by atoms with Gasteiger partial charge in [0.05, 0.1) is 0 Å². The summed E-state index contributed by atoms with van der Waals surface area (Å²) < 4.78 is 5.10. The number of hydrogen-bond acceptors (Lipinski definition) is 4. The van der Waals surface area contributed by atoms with Crippen molar-refractivity contribution in [2.24, 2.45) is 0 Å². The zero-order chi connectivity index (χ0) is 17.2. The summed E-state index contributed by atoms with van der Waals surface area (Å²) in [5.41, 5.74) is 2.64. The average Bonchev–Trinajstić information content (AvgIpc) is 3.26. The number of aromatic nitrogens is 3. The highest BCUT2D eigenvalue weighted by Crippen LogP contribution is 2.26. The van der Waals surface area contributed by atoms with Crippen LogP contribution in [0.1, 0.15) is 16.2 Å². The second-order valence-electron chi connectivity index (χ2n) is 5.48. The molecule has 0 spiro atoms. The Hall–Kier alpha value is -3.12. The molecule has 6 nitrogen and oxygen atoms in total. The second kappa shape index (κ2) is 6.41. The number of fused-ring (bicyclic) bond motifs is 1. The molecule has 2 N–H and O–H groups in total. The zero-order valence-electron chi connectivity index (χ0n) is 13.0. The van der Waals surface area contributed by atoms with Gasteiger partial charge in [-0.15, -0.1) is 0 Å². The highest BCUT2D eigenvalue weighted by molar-refractivity contribution is 6.30. The lowest BCUT2D eigenvalue weighted by atomic mass is 10.2. The van der Waals surface area contributed by atoms with E-state index in [1.54, 1.807) is 18.3 Å². The number of hydrogen-bond donors (Lipinski definition) is 2. The fourth-order valence-electron chi connectivity index (χ4n) is 2.59. The molecule has 2 aromatic carbocycles. The van der Waals surface area contributed by atoms with Gasteiger partial charge in [0.2, 0.25) is 5.82 Å². The van der Waals surface area contributed by atoms with E-state index in [-0.39, 0.29) is 5.89 Å². The van der Waals surface area contributed by atoms with Crippen LogP contribution in [0.5, 0.6) is 0 Å². The van der Waals surface area contributed by atoms with Gasteiger partial charge in [-0.05, 0) is 23.8 Å². The fourth-order valence-corrected chi connectivity index (χ4v) is 2.80. The third-order valence-electron chi connectivity index (χ3n) is 3.79. The van der Waals surface area contributed by atoms with Crippen molar-refractivity contribution in [3.8, 4) is 11.4 Å². The first-order chi connectivity index (χ1) is 12.2. The van der Waals surface area contributed by atoms with E-state index in [1.165, 1.54) is 0 Å². The molecule has 25 heavy (non-hydrogen) atoms. The van der Waals surface area contributed by atoms with Crippen LogP contribution in [0, 0.1) is 0 Å². The lowest BCUT2D eigenvalue weighted by Crippen LogP contribution is -2.23. The number of benzene rings is 2. The van der Waals surface area contributed by atoms with Crippen LogP contribution in [0.2, 0.25) is 5.02 Å². The number of nitrogens with one attached hydrogen (secondary N) is 2. The van der Waals surface area contributed by atoms with Crippen LogP contribution in [0.3, 0.4) is 0 Å². The van der Waals surface area contributed by atoms with Gasteiger partial charge in [0.25, 0.3) is 0 Å². The number of rotatable bonds is 4. The van der Waals surface area contributed by atoms with Gasteiger partial charge in [0.15, 0.2) is 0 Å². The van der Waals surface area contributed by atoms with Crippen molar-refractivity contribution >= 4 is 28.4 Å². The number of carbonyl (C=O) groups excluding carboxylic acids is 1. The Balaban J connectivity index is 1.52. The van der Waals surface area contributed by atoms with E-state index >= 15 is 0 Å². The number of nitrogens with zero attached hydrogens (tertiary/aromatic N) is 2. The van der Waals surface area contributed by atoms with E-state index in [1.807, 2.05) is 36.4 Å². The summed E-state index contributed by atoms with van der Waals surface area (Å²) in [6.45, 7) is 0.324. The van der Waals surface area contributed by atoms with Gasteiger partial charge in [-0.2, -0.15) is 4.98 Å². The molecule has 1 amide bonds. The fraction of sp³-hybridized carbons (Fsp3) is 0.0556. The highest BCUT2D eigenvalue weighted by Gasteiger charge is 2.17. The molecule has 2 aromatic heterocycles. The number of H-pyrrole nitrogens is 1. The van der Waals surface area contributed by atoms with Gasteiger partial charge in [-0.1, -0.05) is 47.1 Å². The average molecular weight is 353 g/mol. The summed E-state index contributed by atoms with van der Waals surface area (Å²) in [6, 6.07) is 15.0. The predicted octanol–water partition coefficient (Wildman–Crippen LogP) is 3.80. The molecule has 0 radical (unpaired) electrons. The molecule has 4 rings (SSSR count). The molecule has 0 aliphatic carbocycles. The maximum absolute atomic E-state index is 12.2. The summed E-state index contributed by atoms with van der Waals surface area (Å²) in [5.74, 6) is -0.147. The van der Waals surface area contributed by atoms with E-state index in [0.29, 0.717) is 17.4 Å². The van der Waals surface area contributed by atoms with Gasteiger partial charge in [0.1, 0.15) is 0 Å². The standard InChI is InChI=1S/C18H13ClN4O2/c19-12-5-3-4-11(8-12)9-21-17(24)18-22-16(23-25-18)14-10-20-15-7-2-1-6-13(14)15/h1-8,10,20H,9H2,(H,21,24). The van der Waals surface area contributed by atoms with Crippen molar-refractivity contribution in [3.05, 3.63) is 71.2 Å². The topological polar surface area (TPSA) is 83.8 Å². The lowest BCUT2D eigenvalue weighted by molar-refractivity contribution is 0.0907. The van der Waals surface area contributed by atoms with Gasteiger partial charge in [0, 0.05) is 34.2 Å². The minimum absolute atomic E-state index is 0.0812. The smallest absolute Gasteiger partial charge is 0.316 e. The monoisotopic (exact) mass is 352 g/mol. The van der Waals surface area contributed by atoms with Crippen LogP contribution in [0.25, 0.3) is 22.3 Å². The Bertz CT molecular complexity index is 1050. The normalized spacial score (nSPS) is 10.9. The first-order valence-electron chi connectivity index (χ1n) is 7.63. The third kappa shape index (κ3) is 3.12. The maximum atomic E-state index is 12.2. The molecule has 4 aromatic rings. The number of para-hydroxylation sites is 1. The number of amides is 1. The van der Waals surface area contributed by atoms with E-state index in [0.717, 1.165) is 22.0 Å². The largest absolute Gasteiger partial charge is 0.360 e. The Morgan fingerprint density at radius 2 is 2.08 bits per heavy atom. The summed E-state index contributed by atoms with van der Waals surface area (Å²) >= 11 is 5.93. The molecular formula is C18H13ClN4O2. The maximum Gasteiger partial charge on any atom is 0.316 e. The van der Waals surface area contributed by atoms with E-state index in [4.69, 9.17) is 16.1 Å². The quantitative estimate of drug-likeness (QED) is 0.585. The van der Waals surface area contributed by atoms with Crippen molar-refractivity contribution in [2.75, 3.05) is 0 Å². The summed E-state index contributed by atoms with van der Waals surface area (Å²) in [7, 11) is 0. The molecule has 0 unspecified atom stereocenters. The molecule has 0 atom stereocenters. The highest BCUT2D eigenvalue weighted by atomic mass is 35.5. The summed E-state index contributed by atoms with van der Waals surface area (Å²) in [5, 5.41) is 8.23. The zero-order valence-corrected chi connectivity index (χ0v) is 13.7. The molecule has 0 aliphatic heterocycles. The molecule has 0 fully saturated rings. The van der Waals surface area contributed by atoms with Crippen molar-refractivity contribution in [2.45, 2.75) is 6.54 Å². The number of carbonyl (C=O) groups is 1. The van der Waals surface area contributed by atoms with Gasteiger partial charge in [-0.25, -0.2) is 0 Å². The molecular weight excluding hydrogens is 340 g/mol. The van der Waals surface area contributed by atoms with Crippen LogP contribution < -0.4 is 5.32 Å². The van der Waals surface area contributed by atoms with Crippen molar-refractivity contribution in [1.29, 1.82) is 0 Å². The SMILES string of the molecule is O=C(NCc1cccc(Cl)c1)c1nc(-c2c[nH]c3ccccc23)no1. The van der Waals surface area contributed by atoms with Crippen molar-refractivity contribution < 1.29 is 9.32 Å². The Kier molecular flexibility index (Phi) is 3.95. The van der Waals surface area contributed by atoms with Gasteiger partial charge < -0.3 is 14.8 Å². The van der Waals surface area contributed by atoms with Crippen LogP contribution in [-0.2, 0) is 6.54 Å². The van der Waals surface area contributed by atoms with Crippen LogP contribution in [0.4, 0.5) is 0 Å². The van der Waals surface area contributed by atoms with Gasteiger partial charge in [-0.3, -0.25) is 4.79 Å². The molecule has 7 heteroatoms. The molecule has 0 saturated carbocycles. The van der Waals surface area contributed by atoms with Crippen LogP contribution >= 0.6 is 11.6 Å². The minimum Gasteiger partial charge on any atom is -0.360 e. The third-order valence-corrected chi connectivity index (χ3v) is 4.03. The van der Waals surface area contributed by atoms with E-state index in [9.17, 15) is 4.79 Å². The number of halogens is 1. The van der Waals surface area contributed by atoms with Crippen molar-refractivity contribution in [3.63, 3.8) is 0 Å².